The summed E-state index contributed by atoms with van der Waals surface area (Å²) in [6.07, 6.45) is 8.97. The Morgan fingerprint density at radius 2 is 2.10 bits per heavy atom. The molecule has 2 heterocycles. The second-order valence-corrected chi connectivity index (χ2v) is 7.72. The topological polar surface area (TPSA) is 72.3 Å². The number of hydrogen-bond donors (Lipinski definition) is 1. The zero-order chi connectivity index (χ0) is 20.6. The molecule has 3 rings (SSSR count). The van der Waals surface area contributed by atoms with Crippen LogP contribution in [0.1, 0.15) is 55.8 Å². The van der Waals surface area contributed by atoms with Crippen molar-refractivity contribution in [2.45, 2.75) is 58.0 Å². The summed E-state index contributed by atoms with van der Waals surface area (Å²) in [5, 5.41) is 11.6. The van der Waals surface area contributed by atoms with E-state index < -0.39 is 0 Å². The molecule has 1 N–H and O–H groups in total. The Kier molecular flexibility index (Phi) is 7.63. The molecule has 1 amide bonds. The van der Waals surface area contributed by atoms with E-state index in [0.29, 0.717) is 23.4 Å². The van der Waals surface area contributed by atoms with E-state index in [9.17, 15) is 4.79 Å². The van der Waals surface area contributed by atoms with Gasteiger partial charge in [0.1, 0.15) is 11.3 Å². The number of nitrogens with one attached hydrogen (secondary N) is 1. The maximum Gasteiger partial charge on any atom is 0.255 e. The highest BCUT2D eigenvalue weighted by atomic mass is 16.5. The van der Waals surface area contributed by atoms with Crippen LogP contribution in [0.2, 0.25) is 0 Å². The number of fused-ring (bicyclic) bond motifs is 1. The molecule has 0 spiro atoms. The van der Waals surface area contributed by atoms with Crippen molar-refractivity contribution in [3.05, 3.63) is 30.4 Å². The zero-order valence-electron chi connectivity index (χ0n) is 17.7. The standard InChI is InChI=1S/C22H33N5O2/c1-4-12-27-20-15-21(29-3)18(14-19(20)24-25-27)22(28)23-17-11-9-7-6-8-10-13-26(5-2)16-17/h4,14-15,17H,1,5-13,16H2,2-3H3,(H,23,28). The van der Waals surface area contributed by atoms with Gasteiger partial charge in [-0.15, -0.1) is 11.7 Å². The van der Waals surface area contributed by atoms with E-state index in [4.69, 9.17) is 4.74 Å². The zero-order valence-corrected chi connectivity index (χ0v) is 17.7. The maximum atomic E-state index is 13.1. The summed E-state index contributed by atoms with van der Waals surface area (Å²) >= 11 is 0. The van der Waals surface area contributed by atoms with Crippen LogP contribution in [0.5, 0.6) is 5.75 Å². The van der Waals surface area contributed by atoms with Gasteiger partial charge in [0.25, 0.3) is 5.91 Å². The van der Waals surface area contributed by atoms with Crippen molar-refractivity contribution in [2.24, 2.45) is 0 Å². The lowest BCUT2D eigenvalue weighted by atomic mass is 10.0. The SMILES string of the molecule is C=CCn1nnc2cc(C(=O)NC3CCCCCCCN(CC)C3)c(OC)cc21. The maximum absolute atomic E-state index is 13.1. The number of likely N-dealkylation sites (N-methyl/N-ethyl adjacent to an activating group) is 1. The summed E-state index contributed by atoms with van der Waals surface area (Å²) in [6, 6.07) is 3.74. The molecule has 7 heteroatoms. The van der Waals surface area contributed by atoms with E-state index in [0.717, 1.165) is 38.0 Å². The van der Waals surface area contributed by atoms with Gasteiger partial charge in [0.05, 0.1) is 24.7 Å². The summed E-state index contributed by atoms with van der Waals surface area (Å²) in [5.41, 5.74) is 2.01. The number of hydrogen-bond acceptors (Lipinski definition) is 5. The molecule has 1 aliphatic heterocycles. The lowest BCUT2D eigenvalue weighted by Gasteiger charge is -2.28. The average Bonchev–Trinajstić information content (AvgIpc) is 3.13. The number of carbonyl (C=O) groups excluding carboxylic acids is 1. The van der Waals surface area contributed by atoms with Gasteiger partial charge in [-0.25, -0.2) is 4.68 Å². The minimum Gasteiger partial charge on any atom is -0.496 e. The van der Waals surface area contributed by atoms with Crippen LogP contribution < -0.4 is 10.1 Å². The molecule has 1 aromatic carbocycles. The van der Waals surface area contributed by atoms with E-state index in [2.05, 4.69) is 34.0 Å². The molecule has 7 nitrogen and oxygen atoms in total. The van der Waals surface area contributed by atoms with Crippen molar-refractivity contribution in [1.29, 1.82) is 0 Å². The lowest BCUT2D eigenvalue weighted by Crippen LogP contribution is -2.44. The van der Waals surface area contributed by atoms with Crippen molar-refractivity contribution < 1.29 is 9.53 Å². The van der Waals surface area contributed by atoms with Gasteiger partial charge < -0.3 is 15.0 Å². The Bertz CT molecular complexity index is 832. The molecule has 158 valence electrons. The number of carbonyl (C=O) groups is 1. The minimum absolute atomic E-state index is 0.111. The molecule has 1 saturated heterocycles. The summed E-state index contributed by atoms with van der Waals surface area (Å²) in [5.74, 6) is 0.426. The van der Waals surface area contributed by atoms with Crippen LogP contribution >= 0.6 is 0 Å². The Morgan fingerprint density at radius 3 is 2.86 bits per heavy atom. The Labute approximate surface area is 173 Å². The first kappa shape index (κ1) is 21.3. The summed E-state index contributed by atoms with van der Waals surface area (Å²) in [6.45, 7) is 9.49. The van der Waals surface area contributed by atoms with Crippen molar-refractivity contribution in [3.63, 3.8) is 0 Å². The average molecular weight is 400 g/mol. The highest BCUT2D eigenvalue weighted by Gasteiger charge is 2.21. The van der Waals surface area contributed by atoms with Crippen LogP contribution in [-0.2, 0) is 6.54 Å². The van der Waals surface area contributed by atoms with Crippen molar-refractivity contribution in [2.75, 3.05) is 26.7 Å². The van der Waals surface area contributed by atoms with Gasteiger partial charge in [-0.3, -0.25) is 4.79 Å². The largest absolute Gasteiger partial charge is 0.496 e. The number of aromatic nitrogens is 3. The Morgan fingerprint density at radius 1 is 1.31 bits per heavy atom. The minimum atomic E-state index is -0.111. The molecule has 1 aromatic heterocycles. The van der Waals surface area contributed by atoms with Crippen molar-refractivity contribution in [1.82, 2.24) is 25.2 Å². The van der Waals surface area contributed by atoms with Crippen LogP contribution in [-0.4, -0.2) is 58.6 Å². The third-order valence-electron chi connectivity index (χ3n) is 5.67. The number of amides is 1. The fraction of sp³-hybridized carbons (Fsp3) is 0.591. The van der Waals surface area contributed by atoms with Crippen LogP contribution in [0.3, 0.4) is 0 Å². The van der Waals surface area contributed by atoms with Gasteiger partial charge in [-0.2, -0.15) is 0 Å². The quantitative estimate of drug-likeness (QED) is 0.754. The first-order valence-corrected chi connectivity index (χ1v) is 10.7. The van der Waals surface area contributed by atoms with E-state index in [1.807, 2.05) is 6.07 Å². The third kappa shape index (κ3) is 5.35. The molecule has 1 unspecified atom stereocenters. The smallest absolute Gasteiger partial charge is 0.255 e. The van der Waals surface area contributed by atoms with Crippen LogP contribution in [0.4, 0.5) is 0 Å². The van der Waals surface area contributed by atoms with Gasteiger partial charge in [-0.1, -0.05) is 43.9 Å². The fourth-order valence-electron chi connectivity index (χ4n) is 4.02. The molecule has 2 aromatic rings. The van der Waals surface area contributed by atoms with Gasteiger partial charge in [0.2, 0.25) is 0 Å². The molecule has 0 radical (unpaired) electrons. The highest BCUT2D eigenvalue weighted by Crippen LogP contribution is 2.25. The number of rotatable bonds is 6. The van der Waals surface area contributed by atoms with Crippen LogP contribution in [0, 0.1) is 0 Å². The molecule has 0 saturated carbocycles. The molecule has 1 fully saturated rings. The molecule has 1 aliphatic rings. The lowest BCUT2D eigenvalue weighted by molar-refractivity contribution is 0.0917. The summed E-state index contributed by atoms with van der Waals surface area (Å²) in [4.78, 5) is 15.6. The Balaban J connectivity index is 1.80. The summed E-state index contributed by atoms with van der Waals surface area (Å²) < 4.78 is 7.27. The highest BCUT2D eigenvalue weighted by molar-refractivity contribution is 6.00. The predicted octanol–water partition coefficient (Wildman–Crippen LogP) is 3.40. The summed E-state index contributed by atoms with van der Waals surface area (Å²) in [7, 11) is 1.59. The molecule has 29 heavy (non-hydrogen) atoms. The molecular formula is C22H33N5O2. The molecule has 0 bridgehead atoms. The van der Waals surface area contributed by atoms with Crippen LogP contribution in [0.25, 0.3) is 11.0 Å². The van der Waals surface area contributed by atoms with Gasteiger partial charge in [0, 0.05) is 18.7 Å². The van der Waals surface area contributed by atoms with Gasteiger partial charge >= 0.3 is 0 Å². The van der Waals surface area contributed by atoms with Gasteiger partial charge in [-0.05, 0) is 32.0 Å². The van der Waals surface area contributed by atoms with Crippen LogP contribution in [0.15, 0.2) is 24.8 Å². The van der Waals surface area contributed by atoms with E-state index in [-0.39, 0.29) is 11.9 Å². The number of ether oxygens (including phenoxy) is 1. The first-order chi connectivity index (χ1) is 14.2. The number of methoxy groups -OCH3 is 1. The third-order valence-corrected chi connectivity index (χ3v) is 5.67. The van der Waals surface area contributed by atoms with Crippen molar-refractivity contribution >= 4 is 16.9 Å². The van der Waals surface area contributed by atoms with Gasteiger partial charge in [0.15, 0.2) is 0 Å². The monoisotopic (exact) mass is 399 g/mol. The molecule has 0 aliphatic carbocycles. The molecular weight excluding hydrogens is 366 g/mol. The second-order valence-electron chi connectivity index (χ2n) is 7.72. The van der Waals surface area contributed by atoms with E-state index in [1.165, 1.54) is 25.7 Å². The molecule has 1 atom stereocenters. The van der Waals surface area contributed by atoms with Crippen molar-refractivity contribution in [3.8, 4) is 5.75 Å². The fourth-order valence-corrected chi connectivity index (χ4v) is 4.02. The number of allylic oxidation sites excluding steroid dienone is 1. The second kappa shape index (κ2) is 10.4. The van der Waals surface area contributed by atoms with E-state index in [1.54, 1.807) is 23.9 Å². The Hall–Kier alpha value is -2.41. The normalized spacial score (nSPS) is 19.0. The van der Waals surface area contributed by atoms with E-state index >= 15 is 0 Å². The first-order valence-electron chi connectivity index (χ1n) is 10.7. The predicted molar refractivity (Wildman–Crippen MR) is 115 cm³/mol. The number of nitrogens with zero attached hydrogens (tertiary/aromatic N) is 4. The number of benzene rings is 1.